The number of hydrogen-bond donors (Lipinski definition) is 0. The summed E-state index contributed by atoms with van der Waals surface area (Å²) >= 11 is 0. The Balaban J connectivity index is 1.30. The van der Waals surface area contributed by atoms with Crippen LogP contribution >= 0.6 is 0 Å². The van der Waals surface area contributed by atoms with Gasteiger partial charge in [0.2, 0.25) is 0 Å². The SMILES string of the molecule is N#Cc1ccc(-c2cc(-c3cccc(-n4c5ccccc5c5ccccc54)c3)cc(-n3c4ccccc4c4ccccc43)c2)cc1. The zero-order valence-electron chi connectivity index (χ0n) is 24.9. The van der Waals surface area contributed by atoms with E-state index in [1.165, 1.54) is 43.6 Å². The fourth-order valence-corrected chi connectivity index (χ4v) is 7.04. The van der Waals surface area contributed by atoms with Gasteiger partial charge < -0.3 is 9.13 Å². The van der Waals surface area contributed by atoms with Gasteiger partial charge in [0.25, 0.3) is 0 Å². The van der Waals surface area contributed by atoms with Crippen LogP contribution in [0.1, 0.15) is 5.56 Å². The van der Waals surface area contributed by atoms with Crippen LogP contribution in [0.4, 0.5) is 0 Å². The van der Waals surface area contributed by atoms with E-state index >= 15 is 0 Å². The Bertz CT molecular complexity index is 2540. The van der Waals surface area contributed by atoms with Gasteiger partial charge in [-0.3, -0.25) is 0 Å². The molecule has 3 heteroatoms. The van der Waals surface area contributed by atoms with Gasteiger partial charge in [-0.2, -0.15) is 5.26 Å². The summed E-state index contributed by atoms with van der Waals surface area (Å²) in [5, 5.41) is 14.4. The Morgan fingerprint density at radius 1 is 0.348 bits per heavy atom. The molecule has 0 bridgehead atoms. The zero-order chi connectivity index (χ0) is 30.6. The summed E-state index contributed by atoms with van der Waals surface area (Å²) in [5.41, 5.74) is 12.0. The lowest BCUT2D eigenvalue weighted by atomic mass is 9.97. The van der Waals surface area contributed by atoms with Crippen LogP contribution in [-0.4, -0.2) is 9.13 Å². The number of aromatic nitrogens is 2. The van der Waals surface area contributed by atoms with Crippen molar-refractivity contribution in [3.63, 3.8) is 0 Å². The van der Waals surface area contributed by atoms with Crippen LogP contribution in [0.5, 0.6) is 0 Å². The second kappa shape index (κ2) is 10.4. The highest BCUT2D eigenvalue weighted by atomic mass is 15.0. The summed E-state index contributed by atoms with van der Waals surface area (Å²) in [6, 6.07) is 60.3. The third kappa shape index (κ3) is 4.05. The molecule has 0 aliphatic rings. The van der Waals surface area contributed by atoms with Gasteiger partial charge in [0.15, 0.2) is 0 Å². The van der Waals surface area contributed by atoms with Gasteiger partial charge in [0.05, 0.1) is 33.7 Å². The average Bonchev–Trinajstić information content (AvgIpc) is 3.65. The Labute approximate surface area is 266 Å². The second-order valence-corrected chi connectivity index (χ2v) is 11.7. The highest BCUT2D eigenvalue weighted by Crippen LogP contribution is 2.37. The third-order valence-corrected chi connectivity index (χ3v) is 9.12. The number of rotatable bonds is 4. The second-order valence-electron chi connectivity index (χ2n) is 11.7. The Kier molecular flexibility index (Phi) is 5.88. The first-order valence-corrected chi connectivity index (χ1v) is 15.5. The van der Waals surface area contributed by atoms with Crippen molar-refractivity contribution in [3.05, 3.63) is 169 Å². The number of fused-ring (bicyclic) bond motifs is 6. The van der Waals surface area contributed by atoms with Gasteiger partial charge >= 0.3 is 0 Å². The minimum Gasteiger partial charge on any atom is -0.309 e. The molecular weight excluding hydrogens is 558 g/mol. The molecule has 2 heterocycles. The van der Waals surface area contributed by atoms with Gasteiger partial charge in [0.1, 0.15) is 0 Å². The van der Waals surface area contributed by atoms with Crippen LogP contribution in [-0.2, 0) is 0 Å². The van der Waals surface area contributed by atoms with Gasteiger partial charge in [-0.1, -0.05) is 97.1 Å². The molecule has 0 saturated carbocycles. The van der Waals surface area contributed by atoms with E-state index in [1.54, 1.807) is 0 Å². The summed E-state index contributed by atoms with van der Waals surface area (Å²) in [4.78, 5) is 0. The van der Waals surface area contributed by atoms with Gasteiger partial charge in [0, 0.05) is 32.9 Å². The lowest BCUT2D eigenvalue weighted by Gasteiger charge is -2.15. The first kappa shape index (κ1) is 26.1. The molecule has 9 rings (SSSR count). The molecule has 0 spiro atoms. The molecule has 46 heavy (non-hydrogen) atoms. The summed E-state index contributed by atoms with van der Waals surface area (Å²) in [5.74, 6) is 0. The molecule has 0 aliphatic heterocycles. The van der Waals surface area contributed by atoms with E-state index in [0.717, 1.165) is 33.6 Å². The summed E-state index contributed by atoms with van der Waals surface area (Å²) in [6.07, 6.45) is 0. The molecular formula is C43H27N3. The topological polar surface area (TPSA) is 33.6 Å². The monoisotopic (exact) mass is 585 g/mol. The molecule has 0 radical (unpaired) electrons. The van der Waals surface area contributed by atoms with E-state index in [4.69, 9.17) is 0 Å². The minimum atomic E-state index is 0.654. The normalized spacial score (nSPS) is 11.5. The van der Waals surface area contributed by atoms with Crippen LogP contribution < -0.4 is 0 Å². The van der Waals surface area contributed by atoms with E-state index in [2.05, 4.69) is 155 Å². The summed E-state index contributed by atoms with van der Waals surface area (Å²) in [7, 11) is 0. The number of benzene rings is 7. The van der Waals surface area contributed by atoms with E-state index in [1.807, 2.05) is 24.3 Å². The first-order valence-electron chi connectivity index (χ1n) is 15.5. The fourth-order valence-electron chi connectivity index (χ4n) is 7.04. The molecule has 2 aromatic heterocycles. The number of nitriles is 1. The highest BCUT2D eigenvalue weighted by Gasteiger charge is 2.16. The summed E-state index contributed by atoms with van der Waals surface area (Å²) in [6.45, 7) is 0. The van der Waals surface area contributed by atoms with Crippen molar-refractivity contribution >= 4 is 43.6 Å². The standard InChI is InChI=1S/C43H27N3/c44-28-29-20-22-30(23-21-29)32-24-33(27-35(26-32)46-42-18-7-3-14-38(42)39-15-4-8-19-43(39)46)31-10-9-11-34(25-31)45-40-16-5-1-12-36(40)37-13-2-6-17-41(37)45/h1-27H. The van der Waals surface area contributed by atoms with Crippen molar-refractivity contribution in [2.45, 2.75) is 0 Å². The maximum absolute atomic E-state index is 9.44. The molecule has 9 aromatic rings. The predicted octanol–water partition coefficient (Wildman–Crippen LogP) is 11.1. The van der Waals surface area contributed by atoms with Gasteiger partial charge in [-0.15, -0.1) is 0 Å². The lowest BCUT2D eigenvalue weighted by Crippen LogP contribution is -1.97. The van der Waals surface area contributed by atoms with Crippen molar-refractivity contribution in [1.29, 1.82) is 5.26 Å². The molecule has 0 N–H and O–H groups in total. The Hall–Kier alpha value is -6.37. The molecule has 3 nitrogen and oxygen atoms in total. The smallest absolute Gasteiger partial charge is 0.0991 e. The number of para-hydroxylation sites is 4. The highest BCUT2D eigenvalue weighted by molar-refractivity contribution is 6.10. The molecule has 7 aromatic carbocycles. The average molecular weight is 586 g/mol. The lowest BCUT2D eigenvalue weighted by molar-refractivity contribution is 1.17. The van der Waals surface area contributed by atoms with Crippen LogP contribution in [0.15, 0.2) is 164 Å². The molecule has 0 amide bonds. The predicted molar refractivity (Wildman–Crippen MR) is 191 cm³/mol. The van der Waals surface area contributed by atoms with Crippen molar-refractivity contribution in [3.8, 4) is 39.7 Å². The minimum absolute atomic E-state index is 0.654. The van der Waals surface area contributed by atoms with Crippen LogP contribution in [0.3, 0.4) is 0 Å². The van der Waals surface area contributed by atoms with E-state index < -0.39 is 0 Å². The third-order valence-electron chi connectivity index (χ3n) is 9.12. The van der Waals surface area contributed by atoms with E-state index in [9.17, 15) is 5.26 Å². The molecule has 0 unspecified atom stereocenters. The zero-order valence-corrected chi connectivity index (χ0v) is 24.9. The van der Waals surface area contributed by atoms with Crippen LogP contribution in [0.2, 0.25) is 0 Å². The van der Waals surface area contributed by atoms with Crippen molar-refractivity contribution in [2.75, 3.05) is 0 Å². The van der Waals surface area contributed by atoms with E-state index in [0.29, 0.717) is 5.56 Å². The molecule has 214 valence electrons. The van der Waals surface area contributed by atoms with Gasteiger partial charge in [-0.05, 0) is 89.0 Å². The molecule has 0 saturated heterocycles. The maximum Gasteiger partial charge on any atom is 0.0991 e. The Morgan fingerprint density at radius 2 is 0.783 bits per heavy atom. The van der Waals surface area contributed by atoms with Gasteiger partial charge in [-0.25, -0.2) is 0 Å². The van der Waals surface area contributed by atoms with Crippen molar-refractivity contribution in [2.24, 2.45) is 0 Å². The van der Waals surface area contributed by atoms with Crippen LogP contribution in [0.25, 0.3) is 77.2 Å². The largest absolute Gasteiger partial charge is 0.309 e. The fraction of sp³-hybridized carbons (Fsp3) is 0. The van der Waals surface area contributed by atoms with Crippen molar-refractivity contribution in [1.82, 2.24) is 9.13 Å². The maximum atomic E-state index is 9.44. The molecule has 0 aliphatic carbocycles. The quantitative estimate of drug-likeness (QED) is 0.202. The number of hydrogen-bond acceptors (Lipinski definition) is 1. The van der Waals surface area contributed by atoms with Crippen LogP contribution in [0, 0.1) is 11.3 Å². The Morgan fingerprint density at radius 3 is 1.28 bits per heavy atom. The summed E-state index contributed by atoms with van der Waals surface area (Å²) < 4.78 is 4.74. The number of nitrogens with zero attached hydrogens (tertiary/aromatic N) is 3. The molecule has 0 atom stereocenters. The van der Waals surface area contributed by atoms with Crippen molar-refractivity contribution < 1.29 is 0 Å². The van der Waals surface area contributed by atoms with E-state index in [-0.39, 0.29) is 0 Å². The molecule has 0 fully saturated rings. The first-order chi connectivity index (χ1) is 22.8.